The standard InChI is InChI=1S/C16H30N2O3/c1-5-12-7-9-13(10-8-12)11-17-15(21)18(6-2)16(3,4)14(19)20/h12-13H,5-11H2,1-4H3,(H,17,21)(H,19,20). The smallest absolute Gasteiger partial charge is 0.329 e. The van der Waals surface area contributed by atoms with Gasteiger partial charge in [-0.3, -0.25) is 0 Å². The number of rotatable bonds is 6. The van der Waals surface area contributed by atoms with Gasteiger partial charge in [-0.1, -0.05) is 26.2 Å². The Hall–Kier alpha value is -1.26. The summed E-state index contributed by atoms with van der Waals surface area (Å²) in [7, 11) is 0. The molecule has 1 aliphatic carbocycles. The largest absolute Gasteiger partial charge is 0.480 e. The quantitative estimate of drug-likeness (QED) is 0.791. The van der Waals surface area contributed by atoms with E-state index >= 15 is 0 Å². The fraction of sp³-hybridized carbons (Fsp3) is 0.875. The number of urea groups is 1. The van der Waals surface area contributed by atoms with E-state index < -0.39 is 11.5 Å². The molecule has 0 aromatic carbocycles. The van der Waals surface area contributed by atoms with Crippen LogP contribution in [0.1, 0.15) is 59.8 Å². The third-order valence-corrected chi connectivity index (χ3v) is 4.85. The van der Waals surface area contributed by atoms with Gasteiger partial charge in [-0.05, 0) is 45.4 Å². The molecule has 5 heteroatoms. The summed E-state index contributed by atoms with van der Waals surface area (Å²) in [6, 6.07) is -0.275. The summed E-state index contributed by atoms with van der Waals surface area (Å²) in [5, 5.41) is 12.2. The number of carbonyl (C=O) groups is 2. The second-order valence-corrected chi connectivity index (χ2v) is 6.59. The Morgan fingerprint density at radius 2 is 1.67 bits per heavy atom. The van der Waals surface area contributed by atoms with Gasteiger partial charge >= 0.3 is 12.0 Å². The summed E-state index contributed by atoms with van der Waals surface area (Å²) in [5.74, 6) is 0.390. The van der Waals surface area contributed by atoms with Gasteiger partial charge in [0.1, 0.15) is 5.54 Å². The van der Waals surface area contributed by atoms with E-state index in [0.717, 1.165) is 18.8 Å². The zero-order chi connectivity index (χ0) is 16.0. The van der Waals surface area contributed by atoms with Crippen LogP contribution in [0.5, 0.6) is 0 Å². The summed E-state index contributed by atoms with van der Waals surface area (Å²) in [5.41, 5.74) is -1.18. The number of carboxylic acid groups (broad SMARTS) is 1. The predicted molar refractivity (Wildman–Crippen MR) is 83.2 cm³/mol. The maximum absolute atomic E-state index is 12.2. The van der Waals surface area contributed by atoms with Crippen molar-refractivity contribution in [3.63, 3.8) is 0 Å². The van der Waals surface area contributed by atoms with Crippen molar-refractivity contribution in [2.75, 3.05) is 13.1 Å². The van der Waals surface area contributed by atoms with Crippen LogP contribution in [0.2, 0.25) is 0 Å². The summed E-state index contributed by atoms with van der Waals surface area (Å²) in [6.45, 7) is 8.20. The van der Waals surface area contributed by atoms with Crippen LogP contribution in [0.4, 0.5) is 4.79 Å². The van der Waals surface area contributed by atoms with Crippen molar-refractivity contribution in [1.29, 1.82) is 0 Å². The maximum Gasteiger partial charge on any atom is 0.329 e. The zero-order valence-electron chi connectivity index (χ0n) is 13.8. The van der Waals surface area contributed by atoms with Crippen molar-refractivity contribution in [2.45, 2.75) is 65.3 Å². The lowest BCUT2D eigenvalue weighted by Crippen LogP contribution is -2.56. The molecule has 1 saturated carbocycles. The van der Waals surface area contributed by atoms with Gasteiger partial charge in [-0.25, -0.2) is 9.59 Å². The first-order valence-electron chi connectivity index (χ1n) is 8.11. The number of hydrogen-bond donors (Lipinski definition) is 2. The van der Waals surface area contributed by atoms with E-state index in [9.17, 15) is 14.7 Å². The molecule has 0 radical (unpaired) electrons. The second kappa shape index (κ2) is 7.66. The second-order valence-electron chi connectivity index (χ2n) is 6.59. The van der Waals surface area contributed by atoms with Crippen LogP contribution in [0, 0.1) is 11.8 Å². The van der Waals surface area contributed by atoms with Crippen LogP contribution >= 0.6 is 0 Å². The Balaban J connectivity index is 2.47. The Morgan fingerprint density at radius 1 is 1.14 bits per heavy atom. The molecule has 0 unspecified atom stereocenters. The topological polar surface area (TPSA) is 69.6 Å². The molecule has 2 N–H and O–H groups in total. The van der Waals surface area contributed by atoms with E-state index in [1.807, 2.05) is 0 Å². The average molecular weight is 298 g/mol. The first-order chi connectivity index (χ1) is 9.82. The highest BCUT2D eigenvalue weighted by Gasteiger charge is 2.37. The molecule has 0 aromatic rings. The number of nitrogens with zero attached hydrogens (tertiary/aromatic N) is 1. The van der Waals surface area contributed by atoms with Crippen molar-refractivity contribution >= 4 is 12.0 Å². The zero-order valence-corrected chi connectivity index (χ0v) is 13.8. The van der Waals surface area contributed by atoms with Gasteiger partial charge in [0.15, 0.2) is 0 Å². The molecule has 21 heavy (non-hydrogen) atoms. The molecule has 0 aliphatic heterocycles. The van der Waals surface area contributed by atoms with Gasteiger partial charge in [-0.15, -0.1) is 0 Å². The van der Waals surface area contributed by atoms with Crippen LogP contribution in [0.25, 0.3) is 0 Å². The van der Waals surface area contributed by atoms with Gasteiger partial charge < -0.3 is 15.3 Å². The molecule has 0 atom stereocenters. The van der Waals surface area contributed by atoms with E-state index in [2.05, 4.69) is 12.2 Å². The van der Waals surface area contributed by atoms with Crippen molar-refractivity contribution < 1.29 is 14.7 Å². The van der Waals surface area contributed by atoms with Crippen molar-refractivity contribution in [1.82, 2.24) is 10.2 Å². The number of carboxylic acids is 1. The fourth-order valence-corrected chi connectivity index (χ4v) is 3.08. The van der Waals surface area contributed by atoms with Gasteiger partial charge in [-0.2, -0.15) is 0 Å². The highest BCUT2D eigenvalue weighted by molar-refractivity contribution is 5.85. The summed E-state index contributed by atoms with van der Waals surface area (Å²) in [6.07, 6.45) is 6.06. The number of carbonyl (C=O) groups excluding carboxylic acids is 1. The van der Waals surface area contributed by atoms with Gasteiger partial charge in [0, 0.05) is 13.1 Å². The van der Waals surface area contributed by atoms with Crippen LogP contribution in [-0.2, 0) is 4.79 Å². The number of amides is 2. The summed E-state index contributed by atoms with van der Waals surface area (Å²) in [4.78, 5) is 24.9. The van der Waals surface area contributed by atoms with E-state index in [1.54, 1.807) is 20.8 Å². The fourth-order valence-electron chi connectivity index (χ4n) is 3.08. The normalized spacial score (nSPS) is 22.7. The minimum atomic E-state index is -1.18. The molecule has 1 aliphatic rings. The minimum absolute atomic E-state index is 0.275. The predicted octanol–water partition coefficient (Wildman–Crippen LogP) is 3.10. The molecule has 5 nitrogen and oxygen atoms in total. The number of likely N-dealkylation sites (N-methyl/N-ethyl adjacent to an activating group) is 1. The molecule has 0 aromatic heterocycles. The molecule has 1 fully saturated rings. The molecular formula is C16H30N2O3. The molecule has 0 saturated heterocycles. The molecule has 0 heterocycles. The third kappa shape index (κ3) is 4.61. The molecule has 122 valence electrons. The molecule has 0 bridgehead atoms. The molecule has 2 amide bonds. The molecular weight excluding hydrogens is 268 g/mol. The maximum atomic E-state index is 12.2. The van der Waals surface area contributed by atoms with Crippen LogP contribution < -0.4 is 5.32 Å². The number of aliphatic carboxylic acids is 1. The Kier molecular flexibility index (Phi) is 6.49. The van der Waals surface area contributed by atoms with Crippen molar-refractivity contribution in [2.24, 2.45) is 11.8 Å². The van der Waals surface area contributed by atoms with Gasteiger partial charge in [0.25, 0.3) is 0 Å². The summed E-state index contributed by atoms with van der Waals surface area (Å²) < 4.78 is 0. The van der Waals surface area contributed by atoms with E-state index in [4.69, 9.17) is 0 Å². The van der Waals surface area contributed by atoms with Crippen molar-refractivity contribution in [3.8, 4) is 0 Å². The molecule has 1 rings (SSSR count). The lowest BCUT2D eigenvalue weighted by Gasteiger charge is -2.35. The lowest BCUT2D eigenvalue weighted by atomic mass is 9.81. The van der Waals surface area contributed by atoms with Crippen LogP contribution in [0.15, 0.2) is 0 Å². The molecule has 0 spiro atoms. The Bertz CT molecular complexity index is 361. The number of hydrogen-bond acceptors (Lipinski definition) is 2. The monoisotopic (exact) mass is 298 g/mol. The van der Waals surface area contributed by atoms with Gasteiger partial charge in [0.05, 0.1) is 0 Å². The third-order valence-electron chi connectivity index (χ3n) is 4.85. The van der Waals surface area contributed by atoms with Gasteiger partial charge in [0.2, 0.25) is 0 Å². The lowest BCUT2D eigenvalue weighted by molar-refractivity contribution is -0.147. The summed E-state index contributed by atoms with van der Waals surface area (Å²) >= 11 is 0. The average Bonchev–Trinajstić information content (AvgIpc) is 2.46. The number of nitrogens with one attached hydrogen (secondary N) is 1. The SMILES string of the molecule is CCC1CCC(CNC(=O)N(CC)C(C)(C)C(=O)O)CC1. The van der Waals surface area contributed by atoms with E-state index in [0.29, 0.717) is 19.0 Å². The highest BCUT2D eigenvalue weighted by atomic mass is 16.4. The van der Waals surface area contributed by atoms with Crippen LogP contribution in [0.3, 0.4) is 0 Å². The van der Waals surface area contributed by atoms with E-state index in [-0.39, 0.29) is 6.03 Å². The highest BCUT2D eigenvalue weighted by Crippen LogP contribution is 2.30. The van der Waals surface area contributed by atoms with Crippen LogP contribution in [-0.4, -0.2) is 40.6 Å². The minimum Gasteiger partial charge on any atom is -0.480 e. The van der Waals surface area contributed by atoms with E-state index in [1.165, 1.54) is 24.2 Å². The Morgan fingerprint density at radius 3 is 2.10 bits per heavy atom. The Labute approximate surface area is 128 Å². The first kappa shape index (κ1) is 17.8. The van der Waals surface area contributed by atoms with Crippen molar-refractivity contribution in [3.05, 3.63) is 0 Å². The first-order valence-corrected chi connectivity index (χ1v) is 8.11.